The maximum absolute atomic E-state index is 11.8. The summed E-state index contributed by atoms with van der Waals surface area (Å²) in [5.41, 5.74) is 0. The third-order valence-electron chi connectivity index (χ3n) is 3.13. The van der Waals surface area contributed by atoms with E-state index in [4.69, 9.17) is 0 Å². The maximum atomic E-state index is 11.8. The van der Waals surface area contributed by atoms with Crippen LogP contribution in [0.15, 0.2) is 0 Å². The molecule has 1 atom stereocenters. The van der Waals surface area contributed by atoms with Crippen LogP contribution in [0.4, 0.5) is 0 Å². The van der Waals surface area contributed by atoms with Gasteiger partial charge in [-0.1, -0.05) is 13.8 Å². The van der Waals surface area contributed by atoms with E-state index >= 15 is 0 Å². The largest absolute Gasteiger partial charge is 0.316 e. The van der Waals surface area contributed by atoms with E-state index < -0.39 is 10.0 Å². The minimum Gasteiger partial charge on any atom is -0.316 e. The van der Waals surface area contributed by atoms with Crippen LogP contribution in [0.5, 0.6) is 0 Å². The maximum Gasteiger partial charge on any atom is 0.211 e. The molecule has 102 valence electrons. The van der Waals surface area contributed by atoms with Crippen molar-refractivity contribution in [1.29, 1.82) is 0 Å². The molecule has 0 radical (unpaired) electrons. The van der Waals surface area contributed by atoms with Gasteiger partial charge in [0.15, 0.2) is 0 Å². The van der Waals surface area contributed by atoms with Gasteiger partial charge in [0, 0.05) is 6.54 Å². The first-order chi connectivity index (χ1) is 7.99. The first-order valence-corrected chi connectivity index (χ1v) is 8.33. The number of hydrogen-bond acceptors (Lipinski definition) is 3. The van der Waals surface area contributed by atoms with Crippen molar-refractivity contribution in [3.05, 3.63) is 0 Å². The zero-order valence-electron chi connectivity index (χ0n) is 11.0. The summed E-state index contributed by atoms with van der Waals surface area (Å²) in [6.07, 6.45) is 4.13. The normalized spacial score (nSPS) is 21.9. The lowest BCUT2D eigenvalue weighted by molar-refractivity contribution is 0.402. The summed E-state index contributed by atoms with van der Waals surface area (Å²) in [5, 5.41) is 3.25. The first-order valence-electron chi connectivity index (χ1n) is 6.67. The first kappa shape index (κ1) is 14.9. The van der Waals surface area contributed by atoms with Crippen LogP contribution >= 0.6 is 0 Å². The minimum absolute atomic E-state index is 0.279. The molecule has 5 heteroatoms. The highest BCUT2D eigenvalue weighted by atomic mass is 32.2. The lowest BCUT2D eigenvalue weighted by Gasteiger charge is -2.22. The molecule has 1 unspecified atom stereocenters. The molecule has 17 heavy (non-hydrogen) atoms. The summed E-state index contributed by atoms with van der Waals surface area (Å²) in [6.45, 7) is 6.76. The standard InChI is InChI=1S/C12H26N2O2S/c1-11(2)5-3-8-14-17(15,16)10-12-6-4-7-13-9-12/h11-14H,3-10H2,1-2H3. The van der Waals surface area contributed by atoms with Crippen LogP contribution in [0, 0.1) is 11.8 Å². The predicted octanol–water partition coefficient (Wildman–Crippen LogP) is 1.34. The van der Waals surface area contributed by atoms with Gasteiger partial charge < -0.3 is 5.32 Å². The van der Waals surface area contributed by atoms with E-state index in [0.29, 0.717) is 12.5 Å². The molecule has 0 aromatic heterocycles. The average Bonchev–Trinajstić information content (AvgIpc) is 2.25. The highest BCUT2D eigenvalue weighted by Crippen LogP contribution is 2.12. The molecule has 0 amide bonds. The lowest BCUT2D eigenvalue weighted by Crippen LogP contribution is -2.37. The third kappa shape index (κ3) is 7.01. The van der Waals surface area contributed by atoms with Gasteiger partial charge in [-0.2, -0.15) is 0 Å². The topological polar surface area (TPSA) is 58.2 Å². The second-order valence-corrected chi connectivity index (χ2v) is 7.28. The van der Waals surface area contributed by atoms with Crippen LogP contribution in [0.2, 0.25) is 0 Å². The Morgan fingerprint density at radius 3 is 2.76 bits per heavy atom. The van der Waals surface area contributed by atoms with Crippen molar-refractivity contribution >= 4 is 10.0 Å². The fraction of sp³-hybridized carbons (Fsp3) is 1.00. The van der Waals surface area contributed by atoms with Crippen molar-refractivity contribution in [3.63, 3.8) is 0 Å². The van der Waals surface area contributed by atoms with E-state index in [1.54, 1.807) is 0 Å². The van der Waals surface area contributed by atoms with Crippen molar-refractivity contribution < 1.29 is 8.42 Å². The minimum atomic E-state index is -3.07. The fourth-order valence-electron chi connectivity index (χ4n) is 2.17. The average molecular weight is 262 g/mol. The van der Waals surface area contributed by atoms with Crippen LogP contribution in [-0.4, -0.2) is 33.8 Å². The molecule has 1 rings (SSSR count). The highest BCUT2D eigenvalue weighted by molar-refractivity contribution is 7.89. The zero-order chi connectivity index (χ0) is 12.7. The Morgan fingerprint density at radius 2 is 2.18 bits per heavy atom. The van der Waals surface area contributed by atoms with Crippen molar-refractivity contribution in [3.8, 4) is 0 Å². The lowest BCUT2D eigenvalue weighted by atomic mass is 10.0. The van der Waals surface area contributed by atoms with Crippen molar-refractivity contribution in [2.24, 2.45) is 11.8 Å². The van der Waals surface area contributed by atoms with Gasteiger partial charge >= 0.3 is 0 Å². The van der Waals surface area contributed by atoms with E-state index in [2.05, 4.69) is 23.9 Å². The molecule has 0 aromatic carbocycles. The second kappa shape index (κ2) is 7.34. The number of nitrogens with one attached hydrogen (secondary N) is 2. The molecular formula is C12H26N2O2S. The Labute approximate surface area is 106 Å². The molecule has 0 aromatic rings. The summed E-state index contributed by atoms with van der Waals surface area (Å²) in [7, 11) is -3.07. The summed E-state index contributed by atoms with van der Waals surface area (Å²) in [4.78, 5) is 0. The Kier molecular flexibility index (Phi) is 6.44. The van der Waals surface area contributed by atoms with Gasteiger partial charge in [-0.25, -0.2) is 13.1 Å². The predicted molar refractivity (Wildman–Crippen MR) is 71.5 cm³/mol. The van der Waals surface area contributed by atoms with E-state index in [1.807, 2.05) is 0 Å². The van der Waals surface area contributed by atoms with Crippen LogP contribution in [0.25, 0.3) is 0 Å². The van der Waals surface area contributed by atoms with E-state index in [-0.39, 0.29) is 11.7 Å². The van der Waals surface area contributed by atoms with E-state index in [9.17, 15) is 8.42 Å². The molecule has 0 saturated carbocycles. The molecule has 2 N–H and O–H groups in total. The van der Waals surface area contributed by atoms with E-state index in [1.165, 1.54) is 0 Å². The van der Waals surface area contributed by atoms with E-state index in [0.717, 1.165) is 38.8 Å². The number of hydrogen-bond donors (Lipinski definition) is 2. The summed E-state index contributed by atoms with van der Waals surface area (Å²) < 4.78 is 26.3. The molecule has 1 fully saturated rings. The SMILES string of the molecule is CC(C)CCCNS(=O)(=O)CC1CCCNC1. The van der Waals surface area contributed by atoms with Gasteiger partial charge in [0.25, 0.3) is 0 Å². The van der Waals surface area contributed by atoms with Gasteiger partial charge in [-0.3, -0.25) is 0 Å². The Morgan fingerprint density at radius 1 is 1.41 bits per heavy atom. The molecule has 0 aliphatic carbocycles. The van der Waals surface area contributed by atoms with Gasteiger partial charge in [-0.05, 0) is 50.6 Å². The Bertz CT molecular complexity index is 296. The molecule has 1 aliphatic heterocycles. The molecule has 0 bridgehead atoms. The quantitative estimate of drug-likeness (QED) is 0.681. The Balaban J connectivity index is 2.20. The van der Waals surface area contributed by atoms with Crippen molar-refractivity contribution in [1.82, 2.24) is 10.0 Å². The molecule has 1 aliphatic rings. The second-order valence-electron chi connectivity index (χ2n) is 5.42. The van der Waals surface area contributed by atoms with Crippen molar-refractivity contribution in [2.45, 2.75) is 39.5 Å². The van der Waals surface area contributed by atoms with Gasteiger partial charge in [0.1, 0.15) is 0 Å². The van der Waals surface area contributed by atoms with Crippen LogP contribution in [0.3, 0.4) is 0 Å². The summed E-state index contributed by atoms with van der Waals surface area (Å²) in [5.74, 6) is 1.20. The van der Waals surface area contributed by atoms with Crippen LogP contribution in [-0.2, 0) is 10.0 Å². The summed E-state index contributed by atoms with van der Waals surface area (Å²) >= 11 is 0. The van der Waals surface area contributed by atoms with Gasteiger partial charge in [0.2, 0.25) is 10.0 Å². The molecule has 1 heterocycles. The zero-order valence-corrected chi connectivity index (χ0v) is 11.9. The third-order valence-corrected chi connectivity index (χ3v) is 4.69. The van der Waals surface area contributed by atoms with Crippen molar-refractivity contribution in [2.75, 3.05) is 25.4 Å². The molecule has 4 nitrogen and oxygen atoms in total. The summed E-state index contributed by atoms with van der Waals surface area (Å²) in [6, 6.07) is 0. The van der Waals surface area contributed by atoms with Gasteiger partial charge in [0.05, 0.1) is 5.75 Å². The number of rotatable bonds is 7. The highest BCUT2D eigenvalue weighted by Gasteiger charge is 2.20. The molecule has 0 spiro atoms. The van der Waals surface area contributed by atoms with Gasteiger partial charge in [-0.15, -0.1) is 0 Å². The molecular weight excluding hydrogens is 236 g/mol. The number of sulfonamides is 1. The number of piperidine rings is 1. The Hall–Kier alpha value is -0.130. The monoisotopic (exact) mass is 262 g/mol. The fourth-order valence-corrected chi connectivity index (χ4v) is 3.65. The van der Waals surface area contributed by atoms with Crippen LogP contribution in [0.1, 0.15) is 39.5 Å². The molecule has 1 saturated heterocycles. The van der Waals surface area contributed by atoms with Crippen LogP contribution < -0.4 is 10.0 Å². The smallest absolute Gasteiger partial charge is 0.211 e.